The summed E-state index contributed by atoms with van der Waals surface area (Å²) in [6.45, 7) is 0. The topological polar surface area (TPSA) is 80.9 Å². The summed E-state index contributed by atoms with van der Waals surface area (Å²) in [5.74, 6) is -0.382. The van der Waals surface area contributed by atoms with Gasteiger partial charge in [-0.1, -0.05) is 11.6 Å². The summed E-state index contributed by atoms with van der Waals surface area (Å²) in [6.07, 6.45) is 2.96. The highest BCUT2D eigenvalue weighted by molar-refractivity contribution is 6.29. The highest BCUT2D eigenvalue weighted by Gasteiger charge is 2.10. The molecule has 0 aliphatic carbocycles. The fraction of sp³-hybridized carbons (Fsp3) is 0. The van der Waals surface area contributed by atoms with Crippen LogP contribution in [0.5, 0.6) is 0 Å². The Morgan fingerprint density at radius 3 is 2.76 bits per heavy atom. The van der Waals surface area contributed by atoms with E-state index in [2.05, 4.69) is 15.3 Å². The van der Waals surface area contributed by atoms with E-state index < -0.39 is 0 Å². The molecule has 2 heterocycles. The largest absolute Gasteiger partial charge is 0.397 e. The van der Waals surface area contributed by atoms with Gasteiger partial charge in [0.25, 0.3) is 5.91 Å². The van der Waals surface area contributed by atoms with Crippen molar-refractivity contribution in [1.82, 2.24) is 9.97 Å². The highest BCUT2D eigenvalue weighted by atomic mass is 35.5. The van der Waals surface area contributed by atoms with Crippen LogP contribution in [0.3, 0.4) is 0 Å². The lowest BCUT2D eigenvalue weighted by molar-refractivity contribution is 0.102. The van der Waals surface area contributed by atoms with E-state index in [9.17, 15) is 4.79 Å². The monoisotopic (exact) mass is 248 g/mol. The smallest absolute Gasteiger partial charge is 0.276 e. The molecule has 0 aliphatic heterocycles. The minimum atomic E-state index is -0.382. The molecule has 0 saturated carbocycles. The maximum Gasteiger partial charge on any atom is 0.276 e. The summed E-state index contributed by atoms with van der Waals surface area (Å²) in [7, 11) is 0. The quantitative estimate of drug-likeness (QED) is 0.796. The number of carbonyl (C=O) groups is 1. The number of hydrogen-bond donors (Lipinski definition) is 2. The van der Waals surface area contributed by atoms with Crippen LogP contribution in [0.25, 0.3) is 0 Å². The van der Waals surface area contributed by atoms with Crippen LogP contribution in [-0.4, -0.2) is 15.9 Å². The molecule has 0 aliphatic rings. The number of nitrogen functional groups attached to an aromatic ring is 1. The first-order valence-corrected chi connectivity index (χ1v) is 5.18. The first kappa shape index (κ1) is 11.3. The van der Waals surface area contributed by atoms with E-state index in [1.807, 2.05) is 0 Å². The van der Waals surface area contributed by atoms with E-state index in [0.29, 0.717) is 16.5 Å². The van der Waals surface area contributed by atoms with E-state index in [-0.39, 0.29) is 11.6 Å². The standard InChI is InChI=1S/C11H9ClN4O/c12-9-4-3-7(6-15-9)16-11(17)10-8(13)2-1-5-14-10/h1-6H,13H2,(H,16,17). The summed E-state index contributed by atoms with van der Waals surface area (Å²) in [5, 5.41) is 2.99. The number of pyridine rings is 2. The van der Waals surface area contributed by atoms with Gasteiger partial charge in [-0.15, -0.1) is 0 Å². The van der Waals surface area contributed by atoms with Gasteiger partial charge >= 0.3 is 0 Å². The van der Waals surface area contributed by atoms with E-state index in [1.54, 1.807) is 24.3 Å². The van der Waals surface area contributed by atoms with Crippen molar-refractivity contribution in [1.29, 1.82) is 0 Å². The van der Waals surface area contributed by atoms with Crippen molar-refractivity contribution in [3.63, 3.8) is 0 Å². The van der Waals surface area contributed by atoms with Crippen LogP contribution in [0.4, 0.5) is 11.4 Å². The number of nitrogens with one attached hydrogen (secondary N) is 1. The molecule has 0 unspecified atom stereocenters. The molecule has 0 bridgehead atoms. The molecule has 0 spiro atoms. The van der Waals surface area contributed by atoms with Crippen LogP contribution in [-0.2, 0) is 0 Å². The van der Waals surface area contributed by atoms with E-state index in [0.717, 1.165) is 0 Å². The number of rotatable bonds is 2. The van der Waals surface area contributed by atoms with Gasteiger partial charge in [-0.3, -0.25) is 4.79 Å². The van der Waals surface area contributed by atoms with Gasteiger partial charge in [-0.2, -0.15) is 0 Å². The van der Waals surface area contributed by atoms with Crippen LogP contribution >= 0.6 is 11.6 Å². The first-order valence-electron chi connectivity index (χ1n) is 4.80. The number of halogens is 1. The van der Waals surface area contributed by atoms with Gasteiger partial charge in [-0.25, -0.2) is 9.97 Å². The van der Waals surface area contributed by atoms with Crippen LogP contribution in [0.1, 0.15) is 10.5 Å². The summed E-state index contributed by atoms with van der Waals surface area (Å²) in [5.41, 5.74) is 6.68. The zero-order valence-electron chi connectivity index (χ0n) is 8.72. The Kier molecular flexibility index (Phi) is 3.20. The molecule has 2 rings (SSSR count). The third kappa shape index (κ3) is 2.70. The van der Waals surface area contributed by atoms with E-state index in [1.165, 1.54) is 12.4 Å². The van der Waals surface area contributed by atoms with Crippen molar-refractivity contribution >= 4 is 28.9 Å². The Labute approximate surface area is 103 Å². The molecular formula is C11H9ClN4O. The summed E-state index contributed by atoms with van der Waals surface area (Å²) in [6, 6.07) is 6.50. The average Bonchev–Trinajstić information content (AvgIpc) is 2.32. The molecule has 5 nitrogen and oxygen atoms in total. The van der Waals surface area contributed by atoms with Gasteiger partial charge in [0.1, 0.15) is 5.15 Å². The predicted octanol–water partition coefficient (Wildman–Crippen LogP) is 1.96. The van der Waals surface area contributed by atoms with E-state index >= 15 is 0 Å². The molecule has 17 heavy (non-hydrogen) atoms. The van der Waals surface area contributed by atoms with Crippen LogP contribution < -0.4 is 11.1 Å². The molecule has 0 saturated heterocycles. The van der Waals surface area contributed by atoms with Crippen LogP contribution in [0.15, 0.2) is 36.7 Å². The van der Waals surface area contributed by atoms with Crippen LogP contribution in [0, 0.1) is 0 Å². The number of nitrogens with two attached hydrogens (primary N) is 1. The second-order valence-corrected chi connectivity index (χ2v) is 3.65. The maximum absolute atomic E-state index is 11.8. The van der Waals surface area contributed by atoms with Gasteiger partial charge in [0.05, 0.1) is 17.6 Å². The molecule has 86 valence electrons. The molecule has 2 aromatic heterocycles. The molecular weight excluding hydrogens is 240 g/mol. The minimum absolute atomic E-state index is 0.183. The average molecular weight is 249 g/mol. The fourth-order valence-electron chi connectivity index (χ4n) is 1.25. The van der Waals surface area contributed by atoms with Gasteiger partial charge in [0, 0.05) is 6.20 Å². The summed E-state index contributed by atoms with van der Waals surface area (Å²) in [4.78, 5) is 19.6. The third-order valence-corrected chi connectivity index (χ3v) is 2.26. The van der Waals surface area contributed by atoms with Gasteiger partial charge in [0.15, 0.2) is 5.69 Å². The second kappa shape index (κ2) is 4.80. The molecule has 6 heteroatoms. The van der Waals surface area contributed by atoms with Crippen molar-refractivity contribution in [2.24, 2.45) is 0 Å². The number of hydrogen-bond acceptors (Lipinski definition) is 4. The van der Waals surface area contributed by atoms with Crippen LogP contribution in [0.2, 0.25) is 5.15 Å². The molecule has 2 aromatic rings. The summed E-state index contributed by atoms with van der Waals surface area (Å²) >= 11 is 5.63. The molecule has 0 aromatic carbocycles. The van der Waals surface area contributed by atoms with Crippen molar-refractivity contribution < 1.29 is 4.79 Å². The molecule has 1 amide bonds. The zero-order valence-corrected chi connectivity index (χ0v) is 9.48. The van der Waals surface area contributed by atoms with Gasteiger partial charge in [-0.05, 0) is 24.3 Å². The SMILES string of the molecule is Nc1cccnc1C(=O)Nc1ccc(Cl)nc1. The van der Waals surface area contributed by atoms with Crippen molar-refractivity contribution in [2.75, 3.05) is 11.1 Å². The third-order valence-electron chi connectivity index (χ3n) is 2.04. The lowest BCUT2D eigenvalue weighted by atomic mass is 10.3. The van der Waals surface area contributed by atoms with Crippen molar-refractivity contribution in [3.05, 3.63) is 47.5 Å². The molecule has 0 atom stereocenters. The second-order valence-electron chi connectivity index (χ2n) is 3.26. The molecule has 3 N–H and O–H groups in total. The number of anilines is 2. The normalized spacial score (nSPS) is 9.94. The Morgan fingerprint density at radius 2 is 2.12 bits per heavy atom. The highest BCUT2D eigenvalue weighted by Crippen LogP contribution is 2.13. The zero-order chi connectivity index (χ0) is 12.3. The van der Waals surface area contributed by atoms with Crippen molar-refractivity contribution in [2.45, 2.75) is 0 Å². The number of aromatic nitrogens is 2. The number of nitrogens with zero attached hydrogens (tertiary/aromatic N) is 2. The molecule has 0 radical (unpaired) electrons. The van der Waals surface area contributed by atoms with Gasteiger partial charge in [0.2, 0.25) is 0 Å². The lowest BCUT2D eigenvalue weighted by Gasteiger charge is -2.05. The van der Waals surface area contributed by atoms with Gasteiger partial charge < -0.3 is 11.1 Å². The van der Waals surface area contributed by atoms with E-state index in [4.69, 9.17) is 17.3 Å². The predicted molar refractivity (Wildman–Crippen MR) is 65.8 cm³/mol. The fourth-order valence-corrected chi connectivity index (χ4v) is 1.36. The molecule has 0 fully saturated rings. The Balaban J connectivity index is 2.17. The summed E-state index contributed by atoms with van der Waals surface area (Å²) < 4.78 is 0. The first-order chi connectivity index (χ1) is 8.16. The lowest BCUT2D eigenvalue weighted by Crippen LogP contribution is -2.15. The number of carbonyl (C=O) groups excluding carboxylic acids is 1. The Morgan fingerprint density at radius 1 is 1.29 bits per heavy atom. The maximum atomic E-state index is 11.8. The minimum Gasteiger partial charge on any atom is -0.397 e. The van der Waals surface area contributed by atoms with Crippen molar-refractivity contribution in [3.8, 4) is 0 Å². The number of amides is 1. The Hall–Kier alpha value is -2.14. The Bertz CT molecular complexity index is 541.